The van der Waals surface area contributed by atoms with E-state index in [0.29, 0.717) is 0 Å². The largest absolute Gasteiger partial charge is 0.324 e. The Bertz CT molecular complexity index is 405. The number of fused-ring (bicyclic) bond motifs is 1. The summed E-state index contributed by atoms with van der Waals surface area (Å²) in [6, 6.07) is 5.63. The lowest BCUT2D eigenvalue weighted by molar-refractivity contribution is 0.736. The predicted molar refractivity (Wildman–Crippen MR) is 46.3 cm³/mol. The summed E-state index contributed by atoms with van der Waals surface area (Å²) in [7, 11) is 1.84. The average molecular weight is 163 g/mol. The number of aromatic nitrogens is 3. The number of hydrogen-bond acceptors (Lipinski definition) is 4. The van der Waals surface area contributed by atoms with Crippen LogP contribution >= 0.6 is 0 Å². The lowest BCUT2D eigenvalue weighted by Crippen LogP contribution is -2.06. The molecule has 3 N–H and O–H groups in total. The van der Waals surface area contributed by atoms with Crippen LogP contribution in [0, 0.1) is 0 Å². The van der Waals surface area contributed by atoms with Crippen molar-refractivity contribution in [1.82, 2.24) is 15.0 Å². The van der Waals surface area contributed by atoms with Gasteiger partial charge in [-0.15, -0.1) is 5.10 Å². The van der Waals surface area contributed by atoms with Crippen LogP contribution in [0.25, 0.3) is 11.0 Å². The quantitative estimate of drug-likeness (QED) is 0.467. The predicted octanol–water partition coefficient (Wildman–Crippen LogP) is 0.254. The minimum absolute atomic E-state index is 0.855. The van der Waals surface area contributed by atoms with Crippen LogP contribution in [0.1, 0.15) is 0 Å². The van der Waals surface area contributed by atoms with E-state index in [9.17, 15) is 0 Å². The summed E-state index contributed by atoms with van der Waals surface area (Å²) in [5, 5.41) is 7.81. The van der Waals surface area contributed by atoms with Gasteiger partial charge in [0.05, 0.1) is 11.2 Å². The highest BCUT2D eigenvalue weighted by atomic mass is 15.4. The second-order valence-corrected chi connectivity index (χ2v) is 2.56. The van der Waals surface area contributed by atoms with Crippen molar-refractivity contribution in [3.63, 3.8) is 0 Å². The Hall–Kier alpha value is -1.62. The zero-order valence-corrected chi connectivity index (χ0v) is 6.65. The standard InChI is InChI=1S/C7H9N5/c1-12-7-4-5(9-8)2-3-6(7)10-11-12/h2-4,9H,8H2,1H3. The molecule has 0 spiro atoms. The van der Waals surface area contributed by atoms with Gasteiger partial charge in [0.2, 0.25) is 0 Å². The molecule has 5 heteroatoms. The number of hydrazine groups is 1. The third kappa shape index (κ3) is 0.911. The van der Waals surface area contributed by atoms with Gasteiger partial charge in [-0.05, 0) is 18.2 Å². The molecule has 0 fully saturated rings. The van der Waals surface area contributed by atoms with Crippen molar-refractivity contribution in [3.8, 4) is 0 Å². The highest BCUT2D eigenvalue weighted by Gasteiger charge is 2.00. The van der Waals surface area contributed by atoms with E-state index in [0.717, 1.165) is 16.7 Å². The maximum Gasteiger partial charge on any atom is 0.113 e. The summed E-state index contributed by atoms with van der Waals surface area (Å²) < 4.78 is 1.70. The first kappa shape index (κ1) is 7.05. The van der Waals surface area contributed by atoms with Gasteiger partial charge < -0.3 is 5.43 Å². The fourth-order valence-electron chi connectivity index (χ4n) is 1.12. The van der Waals surface area contributed by atoms with Crippen LogP contribution < -0.4 is 11.3 Å². The zero-order chi connectivity index (χ0) is 8.55. The highest BCUT2D eigenvalue weighted by molar-refractivity contribution is 5.78. The van der Waals surface area contributed by atoms with E-state index in [4.69, 9.17) is 5.84 Å². The summed E-state index contributed by atoms with van der Waals surface area (Å²) in [5.41, 5.74) is 5.26. The van der Waals surface area contributed by atoms with Crippen molar-refractivity contribution in [3.05, 3.63) is 18.2 Å². The highest BCUT2D eigenvalue weighted by Crippen LogP contribution is 2.14. The average Bonchev–Trinajstić information content (AvgIpc) is 2.47. The first-order valence-corrected chi connectivity index (χ1v) is 3.57. The number of nitrogens with two attached hydrogens (primary N) is 1. The van der Waals surface area contributed by atoms with Crippen molar-refractivity contribution in [2.24, 2.45) is 12.9 Å². The Balaban J connectivity index is 2.71. The molecule has 0 saturated carbocycles. The molecule has 1 aromatic carbocycles. The molecule has 12 heavy (non-hydrogen) atoms. The van der Waals surface area contributed by atoms with Crippen molar-refractivity contribution >= 4 is 16.7 Å². The Morgan fingerprint density at radius 2 is 2.33 bits per heavy atom. The molecule has 0 aliphatic rings. The molecular weight excluding hydrogens is 154 g/mol. The molecule has 1 heterocycles. The van der Waals surface area contributed by atoms with E-state index < -0.39 is 0 Å². The minimum Gasteiger partial charge on any atom is -0.324 e. The lowest BCUT2D eigenvalue weighted by atomic mass is 10.3. The summed E-state index contributed by atoms with van der Waals surface area (Å²) in [6.07, 6.45) is 0. The number of hydrogen-bond donors (Lipinski definition) is 2. The Labute approximate surface area is 69.1 Å². The maximum absolute atomic E-state index is 5.26. The molecule has 0 amide bonds. The number of nitrogens with zero attached hydrogens (tertiary/aromatic N) is 3. The topological polar surface area (TPSA) is 68.8 Å². The first-order chi connectivity index (χ1) is 5.81. The number of rotatable bonds is 1. The fourth-order valence-corrected chi connectivity index (χ4v) is 1.12. The SMILES string of the molecule is Cn1nnc2ccc(NN)cc21. The van der Waals surface area contributed by atoms with Crippen LogP contribution in [0.5, 0.6) is 0 Å². The molecule has 0 bridgehead atoms. The van der Waals surface area contributed by atoms with Crippen LogP contribution in [-0.4, -0.2) is 15.0 Å². The van der Waals surface area contributed by atoms with Crippen LogP contribution in [0.3, 0.4) is 0 Å². The molecule has 2 aromatic rings. The number of nitrogen functional groups attached to an aromatic ring is 1. The van der Waals surface area contributed by atoms with Gasteiger partial charge in [-0.25, -0.2) is 4.68 Å². The van der Waals surface area contributed by atoms with Gasteiger partial charge in [-0.2, -0.15) is 0 Å². The Morgan fingerprint density at radius 1 is 1.50 bits per heavy atom. The van der Waals surface area contributed by atoms with E-state index in [-0.39, 0.29) is 0 Å². The Morgan fingerprint density at radius 3 is 3.08 bits per heavy atom. The fraction of sp³-hybridized carbons (Fsp3) is 0.143. The van der Waals surface area contributed by atoms with Gasteiger partial charge in [-0.3, -0.25) is 5.84 Å². The molecule has 0 saturated heterocycles. The molecule has 0 atom stereocenters. The van der Waals surface area contributed by atoms with Crippen molar-refractivity contribution < 1.29 is 0 Å². The molecule has 0 radical (unpaired) electrons. The normalized spacial score (nSPS) is 10.5. The van der Waals surface area contributed by atoms with Crippen LogP contribution in [-0.2, 0) is 7.05 Å². The zero-order valence-electron chi connectivity index (χ0n) is 6.65. The summed E-state index contributed by atoms with van der Waals surface area (Å²) in [6.45, 7) is 0. The summed E-state index contributed by atoms with van der Waals surface area (Å²) >= 11 is 0. The second-order valence-electron chi connectivity index (χ2n) is 2.56. The lowest BCUT2D eigenvalue weighted by Gasteiger charge is -1.98. The van der Waals surface area contributed by atoms with Gasteiger partial charge in [0, 0.05) is 7.05 Å². The number of aryl methyl sites for hydroxylation is 1. The van der Waals surface area contributed by atoms with E-state index in [1.807, 2.05) is 25.2 Å². The van der Waals surface area contributed by atoms with Crippen LogP contribution in [0.4, 0.5) is 5.69 Å². The van der Waals surface area contributed by atoms with Crippen LogP contribution in [0.2, 0.25) is 0 Å². The van der Waals surface area contributed by atoms with Gasteiger partial charge in [0.1, 0.15) is 5.52 Å². The van der Waals surface area contributed by atoms with Crippen molar-refractivity contribution in [1.29, 1.82) is 0 Å². The molecule has 1 aromatic heterocycles. The molecule has 0 aliphatic carbocycles. The smallest absolute Gasteiger partial charge is 0.113 e. The monoisotopic (exact) mass is 163 g/mol. The van der Waals surface area contributed by atoms with E-state index >= 15 is 0 Å². The summed E-state index contributed by atoms with van der Waals surface area (Å²) in [5.74, 6) is 5.26. The third-order valence-corrected chi connectivity index (χ3v) is 1.78. The number of anilines is 1. The Kier molecular flexibility index (Phi) is 1.44. The molecule has 5 nitrogen and oxygen atoms in total. The van der Waals surface area contributed by atoms with E-state index in [1.54, 1.807) is 4.68 Å². The molecule has 62 valence electrons. The van der Waals surface area contributed by atoms with Crippen molar-refractivity contribution in [2.45, 2.75) is 0 Å². The summed E-state index contributed by atoms with van der Waals surface area (Å²) in [4.78, 5) is 0. The maximum atomic E-state index is 5.26. The van der Waals surface area contributed by atoms with E-state index in [1.165, 1.54) is 0 Å². The molecular formula is C7H9N5. The number of nitrogens with one attached hydrogen (secondary N) is 1. The first-order valence-electron chi connectivity index (χ1n) is 3.57. The molecule has 2 rings (SSSR count). The van der Waals surface area contributed by atoms with Gasteiger partial charge in [-0.1, -0.05) is 5.21 Å². The van der Waals surface area contributed by atoms with Gasteiger partial charge in [0.25, 0.3) is 0 Å². The third-order valence-electron chi connectivity index (χ3n) is 1.78. The van der Waals surface area contributed by atoms with E-state index in [2.05, 4.69) is 15.7 Å². The van der Waals surface area contributed by atoms with Gasteiger partial charge in [0.15, 0.2) is 0 Å². The second kappa shape index (κ2) is 2.46. The van der Waals surface area contributed by atoms with Crippen LogP contribution in [0.15, 0.2) is 18.2 Å². The van der Waals surface area contributed by atoms with Gasteiger partial charge >= 0.3 is 0 Å². The van der Waals surface area contributed by atoms with Crippen molar-refractivity contribution in [2.75, 3.05) is 5.43 Å². The minimum atomic E-state index is 0.855. The molecule has 0 aliphatic heterocycles. The number of benzene rings is 1. The molecule has 0 unspecified atom stereocenters.